The second kappa shape index (κ2) is 9.39. The van der Waals surface area contributed by atoms with E-state index in [1.807, 2.05) is 23.8 Å². The summed E-state index contributed by atoms with van der Waals surface area (Å²) >= 11 is 0. The van der Waals surface area contributed by atoms with E-state index in [2.05, 4.69) is 15.0 Å². The van der Waals surface area contributed by atoms with Crippen LogP contribution in [0.5, 0.6) is 0 Å². The van der Waals surface area contributed by atoms with Crippen molar-refractivity contribution in [1.29, 1.82) is 0 Å². The van der Waals surface area contributed by atoms with E-state index in [9.17, 15) is 9.18 Å². The first-order chi connectivity index (χ1) is 16.1. The van der Waals surface area contributed by atoms with E-state index in [4.69, 9.17) is 4.84 Å². The first-order valence-electron chi connectivity index (χ1n) is 11.6. The van der Waals surface area contributed by atoms with Crippen molar-refractivity contribution < 1.29 is 14.0 Å². The van der Waals surface area contributed by atoms with Crippen molar-refractivity contribution in [2.75, 3.05) is 6.61 Å². The lowest BCUT2D eigenvalue weighted by Gasteiger charge is -2.31. The molecule has 1 saturated heterocycles. The van der Waals surface area contributed by atoms with Gasteiger partial charge in [-0.25, -0.2) is 14.4 Å². The number of aromatic nitrogens is 4. The zero-order valence-electron chi connectivity index (χ0n) is 18.7. The summed E-state index contributed by atoms with van der Waals surface area (Å²) in [6.07, 6.45) is 13.6. The van der Waals surface area contributed by atoms with Gasteiger partial charge in [-0.3, -0.25) is 19.6 Å². The van der Waals surface area contributed by atoms with Gasteiger partial charge in [-0.05, 0) is 68.7 Å². The number of hydrogen-bond acceptors (Lipinski definition) is 5. The van der Waals surface area contributed by atoms with Crippen LogP contribution in [0.25, 0.3) is 5.69 Å². The number of hydroxylamine groups is 2. The predicted octanol–water partition coefficient (Wildman–Crippen LogP) is 4.36. The molecule has 33 heavy (non-hydrogen) atoms. The third kappa shape index (κ3) is 4.66. The predicted molar refractivity (Wildman–Crippen MR) is 120 cm³/mol. The third-order valence-corrected chi connectivity index (χ3v) is 6.81. The van der Waals surface area contributed by atoms with Crippen molar-refractivity contribution in [2.45, 2.75) is 51.5 Å². The first kappa shape index (κ1) is 21.7. The van der Waals surface area contributed by atoms with E-state index >= 15 is 0 Å². The molecule has 0 unspecified atom stereocenters. The number of nitrogens with zero attached hydrogens (tertiary/aromatic N) is 5. The van der Waals surface area contributed by atoms with Crippen molar-refractivity contribution in [3.05, 3.63) is 72.1 Å². The lowest BCUT2D eigenvalue weighted by atomic mass is 9.78. The van der Waals surface area contributed by atoms with Crippen molar-refractivity contribution in [1.82, 2.24) is 24.6 Å². The third-order valence-electron chi connectivity index (χ3n) is 6.81. The summed E-state index contributed by atoms with van der Waals surface area (Å²) < 4.78 is 16.2. The highest BCUT2D eigenvalue weighted by atomic mass is 19.1. The Bertz CT molecular complexity index is 1110. The number of halogens is 1. The smallest absolute Gasteiger partial charge is 0.249 e. The molecule has 8 heteroatoms. The van der Waals surface area contributed by atoms with Gasteiger partial charge in [0.15, 0.2) is 0 Å². The summed E-state index contributed by atoms with van der Waals surface area (Å²) in [5, 5.41) is 1.53. The molecule has 0 radical (unpaired) electrons. The number of hydrogen-bond donors (Lipinski definition) is 0. The summed E-state index contributed by atoms with van der Waals surface area (Å²) in [6, 6.07) is 5.04. The van der Waals surface area contributed by atoms with E-state index < -0.39 is 0 Å². The number of benzene rings is 1. The van der Waals surface area contributed by atoms with Crippen molar-refractivity contribution in [3.63, 3.8) is 0 Å². The zero-order valence-corrected chi connectivity index (χ0v) is 18.7. The van der Waals surface area contributed by atoms with Gasteiger partial charge in [0, 0.05) is 42.8 Å². The molecule has 1 atom stereocenters. The maximum Gasteiger partial charge on any atom is 0.249 e. The van der Waals surface area contributed by atoms with Gasteiger partial charge in [0.2, 0.25) is 5.91 Å². The normalized spacial score (nSPS) is 23.1. The minimum Gasteiger partial charge on any atom is -0.304 e. The maximum absolute atomic E-state index is 14.3. The van der Waals surface area contributed by atoms with Gasteiger partial charge >= 0.3 is 0 Å². The van der Waals surface area contributed by atoms with E-state index in [0.717, 1.165) is 61.3 Å². The Morgan fingerprint density at radius 3 is 2.67 bits per heavy atom. The Balaban J connectivity index is 1.21. The molecule has 0 spiro atoms. The molecule has 3 aromatic rings. The SMILES string of the molecule is Cc1nccn1-c1cc(F)cc(C[C@H]2CC[C@H](C(=O)N3OCC[C@H]3c3cnccn3)CC2)c1. The summed E-state index contributed by atoms with van der Waals surface area (Å²) in [4.78, 5) is 31.6. The molecule has 1 saturated carbocycles. The highest BCUT2D eigenvalue weighted by Gasteiger charge is 2.37. The first-order valence-corrected chi connectivity index (χ1v) is 11.6. The Hall–Kier alpha value is -3.13. The van der Waals surface area contributed by atoms with Crippen LogP contribution in [0.3, 0.4) is 0 Å². The molecular formula is C25H28FN5O2. The molecular weight excluding hydrogens is 421 g/mol. The fourth-order valence-electron chi connectivity index (χ4n) is 5.11. The van der Waals surface area contributed by atoms with Crippen LogP contribution in [0.15, 0.2) is 49.2 Å². The van der Waals surface area contributed by atoms with E-state index in [1.165, 1.54) is 11.1 Å². The van der Waals surface area contributed by atoms with Crippen molar-refractivity contribution in [2.24, 2.45) is 11.8 Å². The molecule has 0 bridgehead atoms. The van der Waals surface area contributed by atoms with Gasteiger partial charge in [-0.2, -0.15) is 0 Å². The summed E-state index contributed by atoms with van der Waals surface area (Å²) in [5.74, 6) is 1.03. The van der Waals surface area contributed by atoms with Crippen LogP contribution in [0.1, 0.15) is 55.2 Å². The van der Waals surface area contributed by atoms with Crippen LogP contribution in [0, 0.1) is 24.6 Å². The van der Waals surface area contributed by atoms with Gasteiger partial charge in [-0.1, -0.05) is 0 Å². The molecule has 7 nitrogen and oxygen atoms in total. The van der Waals surface area contributed by atoms with E-state index in [0.29, 0.717) is 12.5 Å². The molecule has 172 valence electrons. The average molecular weight is 450 g/mol. The number of amides is 1. The molecule has 3 heterocycles. The molecule has 1 aromatic carbocycles. The van der Waals surface area contributed by atoms with Crippen LogP contribution in [0.2, 0.25) is 0 Å². The monoisotopic (exact) mass is 449 g/mol. The van der Waals surface area contributed by atoms with Crippen LogP contribution in [-0.4, -0.2) is 37.1 Å². The van der Waals surface area contributed by atoms with Gasteiger partial charge in [-0.15, -0.1) is 0 Å². The number of rotatable bonds is 5. The zero-order chi connectivity index (χ0) is 22.8. The number of carbonyl (C=O) groups excluding carboxylic acids is 1. The number of aryl methyl sites for hydroxylation is 1. The van der Waals surface area contributed by atoms with Crippen LogP contribution in [0.4, 0.5) is 4.39 Å². The molecule has 2 aromatic heterocycles. The Morgan fingerprint density at radius 1 is 1.09 bits per heavy atom. The van der Waals surface area contributed by atoms with Gasteiger partial charge in [0.05, 0.1) is 18.5 Å². The minimum atomic E-state index is -0.235. The summed E-state index contributed by atoms with van der Waals surface area (Å²) in [5.41, 5.74) is 2.55. The molecule has 1 aliphatic carbocycles. The standard InChI is InChI=1S/C25H28FN5O2/c1-17-28-9-10-30(17)22-14-19(13-21(26)15-22)12-18-2-4-20(5-3-18)25(32)31-24(6-11-33-31)23-16-27-7-8-29-23/h7-10,13-16,18,20,24H,2-6,11-12H2,1H3/t18-,20-,24-/m0/s1. The molecule has 2 aliphatic rings. The van der Waals surface area contributed by atoms with E-state index in [-0.39, 0.29) is 23.7 Å². The lowest BCUT2D eigenvalue weighted by molar-refractivity contribution is -0.183. The largest absolute Gasteiger partial charge is 0.304 e. The summed E-state index contributed by atoms with van der Waals surface area (Å²) in [7, 11) is 0. The highest BCUT2D eigenvalue weighted by molar-refractivity contribution is 5.78. The second-order valence-corrected chi connectivity index (χ2v) is 9.02. The number of imidazole rings is 1. The Kier molecular flexibility index (Phi) is 6.17. The maximum atomic E-state index is 14.3. The van der Waals surface area contributed by atoms with Crippen LogP contribution < -0.4 is 0 Å². The lowest BCUT2D eigenvalue weighted by Crippen LogP contribution is -2.37. The Morgan fingerprint density at radius 2 is 1.94 bits per heavy atom. The second-order valence-electron chi connectivity index (χ2n) is 9.02. The fraction of sp³-hybridized carbons (Fsp3) is 0.440. The number of carbonyl (C=O) groups is 1. The van der Waals surface area contributed by atoms with Crippen molar-refractivity contribution in [3.8, 4) is 5.69 Å². The van der Waals surface area contributed by atoms with Crippen LogP contribution >= 0.6 is 0 Å². The molecule has 1 amide bonds. The molecule has 5 rings (SSSR count). The van der Waals surface area contributed by atoms with E-state index in [1.54, 1.807) is 30.9 Å². The van der Waals surface area contributed by atoms with Gasteiger partial charge < -0.3 is 4.57 Å². The van der Waals surface area contributed by atoms with Gasteiger partial charge in [0.25, 0.3) is 0 Å². The minimum absolute atomic E-state index is 0.0461. The summed E-state index contributed by atoms with van der Waals surface area (Å²) in [6.45, 7) is 2.42. The average Bonchev–Trinajstić information content (AvgIpc) is 3.48. The highest BCUT2D eigenvalue weighted by Crippen LogP contribution is 2.36. The quantitative estimate of drug-likeness (QED) is 0.579. The topological polar surface area (TPSA) is 73.1 Å². The van der Waals surface area contributed by atoms with Crippen molar-refractivity contribution >= 4 is 5.91 Å². The molecule has 0 N–H and O–H groups in total. The molecule has 2 fully saturated rings. The molecule has 1 aliphatic heterocycles. The van der Waals surface area contributed by atoms with Crippen LogP contribution in [-0.2, 0) is 16.1 Å². The fourth-order valence-corrected chi connectivity index (χ4v) is 5.11. The van der Waals surface area contributed by atoms with Gasteiger partial charge in [0.1, 0.15) is 17.7 Å². The Labute approximate surface area is 192 Å².